The third-order valence-corrected chi connectivity index (χ3v) is 4.16. The number of rotatable bonds is 7. The molecule has 0 aliphatic carbocycles. The minimum absolute atomic E-state index is 0.0491. The van der Waals surface area contributed by atoms with E-state index in [0.717, 1.165) is 16.8 Å². The minimum Gasteiger partial charge on any atom is -0.369 e. The first-order chi connectivity index (χ1) is 13.6. The van der Waals surface area contributed by atoms with Crippen molar-refractivity contribution in [3.8, 4) is 16.8 Å². The van der Waals surface area contributed by atoms with Crippen LogP contribution in [0.4, 0.5) is 5.69 Å². The molecule has 1 aromatic heterocycles. The highest BCUT2D eigenvalue weighted by molar-refractivity contribution is 5.76. The van der Waals surface area contributed by atoms with E-state index < -0.39 is 0 Å². The zero-order chi connectivity index (χ0) is 19.9. The summed E-state index contributed by atoms with van der Waals surface area (Å²) in [5, 5.41) is 19.0. The lowest BCUT2D eigenvalue weighted by Crippen LogP contribution is -2.21. The summed E-state index contributed by atoms with van der Waals surface area (Å²) in [7, 11) is 0. The second kappa shape index (κ2) is 8.63. The Hall–Kier alpha value is -3.94. The number of aryl methyl sites for hydroxylation is 1. The van der Waals surface area contributed by atoms with E-state index in [9.17, 15) is 10.1 Å². The number of hydrogen-bond acceptors (Lipinski definition) is 4. The first kappa shape index (κ1) is 18.8. The molecular formula is C20H20N6O2. The lowest BCUT2D eigenvalue weighted by molar-refractivity contribution is -0.384. The maximum Gasteiger partial charge on any atom is 0.293 e. The number of aromatic nitrogens is 1. The molecular weight excluding hydrogens is 356 g/mol. The molecule has 2 aromatic carbocycles. The molecule has 3 rings (SSSR count). The predicted molar refractivity (Wildman–Crippen MR) is 110 cm³/mol. The van der Waals surface area contributed by atoms with Crippen LogP contribution in [0.3, 0.4) is 0 Å². The molecule has 4 N–H and O–H groups in total. The number of guanidine groups is 1. The third-order valence-electron chi connectivity index (χ3n) is 4.16. The van der Waals surface area contributed by atoms with E-state index in [1.54, 1.807) is 18.3 Å². The fourth-order valence-corrected chi connectivity index (χ4v) is 2.92. The summed E-state index contributed by atoms with van der Waals surface area (Å²) < 4.78 is 1.82. The van der Waals surface area contributed by atoms with Crippen LogP contribution in [0.15, 0.2) is 77.1 Å². The fourth-order valence-electron chi connectivity index (χ4n) is 2.92. The Bertz CT molecular complexity index is 1020. The molecule has 142 valence electrons. The van der Waals surface area contributed by atoms with Crippen molar-refractivity contribution in [2.24, 2.45) is 21.7 Å². The fraction of sp³-hybridized carbons (Fsp3) is 0.100. The topological polar surface area (TPSA) is 125 Å². The normalized spacial score (nSPS) is 10.9. The van der Waals surface area contributed by atoms with Gasteiger partial charge >= 0.3 is 0 Å². The van der Waals surface area contributed by atoms with Gasteiger partial charge in [-0.1, -0.05) is 36.4 Å². The number of nitro benzene ring substituents is 1. The molecule has 0 saturated carbocycles. The van der Waals surface area contributed by atoms with E-state index >= 15 is 0 Å². The van der Waals surface area contributed by atoms with Gasteiger partial charge in [0.15, 0.2) is 0 Å². The summed E-state index contributed by atoms with van der Waals surface area (Å²) in [6, 6.07) is 18.6. The molecule has 0 aliphatic rings. The summed E-state index contributed by atoms with van der Waals surface area (Å²) in [5.74, 6) is -0.103. The average molecular weight is 376 g/mol. The van der Waals surface area contributed by atoms with Crippen LogP contribution >= 0.6 is 0 Å². The van der Waals surface area contributed by atoms with E-state index in [4.69, 9.17) is 11.5 Å². The maximum absolute atomic E-state index is 11.7. The van der Waals surface area contributed by atoms with Crippen molar-refractivity contribution in [2.45, 2.75) is 12.8 Å². The molecule has 0 unspecified atom stereocenters. The standard InChI is InChI=1S/C20H20N6O2/c21-20(22)24-23-12-4-8-17-9-5-13-25(17)18-11-10-16(14-19(18)26(27)28)15-6-2-1-3-7-15/h1-3,5-7,9-14H,4,8H2,(H4,21,22,24)/b23-12+. The van der Waals surface area contributed by atoms with Gasteiger partial charge in [0, 0.05) is 24.2 Å². The van der Waals surface area contributed by atoms with Crippen LogP contribution in [-0.4, -0.2) is 21.7 Å². The Morgan fingerprint density at radius 3 is 2.57 bits per heavy atom. The molecule has 1 heterocycles. The van der Waals surface area contributed by atoms with E-state index in [2.05, 4.69) is 10.2 Å². The van der Waals surface area contributed by atoms with Gasteiger partial charge in [0.2, 0.25) is 5.96 Å². The van der Waals surface area contributed by atoms with Crippen LogP contribution in [-0.2, 0) is 6.42 Å². The van der Waals surface area contributed by atoms with Crippen molar-refractivity contribution in [1.82, 2.24) is 4.57 Å². The first-order valence-electron chi connectivity index (χ1n) is 8.67. The van der Waals surface area contributed by atoms with Gasteiger partial charge in [0.25, 0.3) is 5.69 Å². The smallest absolute Gasteiger partial charge is 0.293 e. The number of benzene rings is 2. The van der Waals surface area contributed by atoms with Crippen molar-refractivity contribution in [3.63, 3.8) is 0 Å². The largest absolute Gasteiger partial charge is 0.369 e. The molecule has 0 saturated heterocycles. The van der Waals surface area contributed by atoms with Crippen LogP contribution in [0.25, 0.3) is 16.8 Å². The second-order valence-corrected chi connectivity index (χ2v) is 6.06. The molecule has 3 aromatic rings. The van der Waals surface area contributed by atoms with Crippen molar-refractivity contribution < 1.29 is 4.92 Å². The van der Waals surface area contributed by atoms with Crippen LogP contribution in [0, 0.1) is 10.1 Å². The van der Waals surface area contributed by atoms with Crippen molar-refractivity contribution in [2.75, 3.05) is 0 Å². The molecule has 8 nitrogen and oxygen atoms in total. The number of nitro groups is 1. The highest BCUT2D eigenvalue weighted by atomic mass is 16.6. The summed E-state index contributed by atoms with van der Waals surface area (Å²) >= 11 is 0. The lowest BCUT2D eigenvalue weighted by atomic mass is 10.0. The Balaban J connectivity index is 1.90. The SMILES string of the molecule is NC(N)=N/N=C/CCc1cccn1-c1ccc(-c2ccccc2)cc1[N+](=O)[O-]. The quantitative estimate of drug-likeness (QED) is 0.284. The van der Waals surface area contributed by atoms with Gasteiger partial charge in [-0.25, -0.2) is 0 Å². The summed E-state index contributed by atoms with van der Waals surface area (Å²) in [4.78, 5) is 11.4. The van der Waals surface area contributed by atoms with Gasteiger partial charge < -0.3 is 16.0 Å². The van der Waals surface area contributed by atoms with Crippen molar-refractivity contribution in [1.29, 1.82) is 0 Å². The second-order valence-electron chi connectivity index (χ2n) is 6.06. The van der Waals surface area contributed by atoms with Crippen LogP contribution in [0.1, 0.15) is 12.1 Å². The van der Waals surface area contributed by atoms with Gasteiger partial charge in [-0.2, -0.15) is 5.10 Å². The van der Waals surface area contributed by atoms with Gasteiger partial charge in [-0.05, 0) is 42.2 Å². The van der Waals surface area contributed by atoms with Crippen molar-refractivity contribution >= 4 is 17.9 Å². The lowest BCUT2D eigenvalue weighted by Gasteiger charge is -2.11. The zero-order valence-corrected chi connectivity index (χ0v) is 15.1. The number of nitrogens with two attached hydrogens (primary N) is 2. The highest BCUT2D eigenvalue weighted by Gasteiger charge is 2.18. The third kappa shape index (κ3) is 4.42. The molecule has 0 amide bonds. The summed E-state index contributed by atoms with van der Waals surface area (Å²) in [6.45, 7) is 0. The number of hydrogen-bond donors (Lipinski definition) is 2. The first-order valence-corrected chi connectivity index (χ1v) is 8.67. The number of nitrogens with zero attached hydrogens (tertiary/aromatic N) is 4. The predicted octanol–water partition coefficient (Wildman–Crippen LogP) is 3.24. The highest BCUT2D eigenvalue weighted by Crippen LogP contribution is 2.30. The molecule has 0 atom stereocenters. The monoisotopic (exact) mass is 376 g/mol. The molecule has 28 heavy (non-hydrogen) atoms. The summed E-state index contributed by atoms with van der Waals surface area (Å²) in [6.07, 6.45) is 4.64. The summed E-state index contributed by atoms with van der Waals surface area (Å²) in [5.41, 5.74) is 13.7. The van der Waals surface area contributed by atoms with Crippen LogP contribution in [0.5, 0.6) is 0 Å². The molecule has 0 radical (unpaired) electrons. The van der Waals surface area contributed by atoms with Gasteiger partial charge in [-0.3, -0.25) is 10.1 Å². The van der Waals surface area contributed by atoms with E-state index in [1.807, 2.05) is 59.3 Å². The van der Waals surface area contributed by atoms with Gasteiger partial charge in [0.05, 0.1) is 4.92 Å². The molecule has 0 aliphatic heterocycles. The van der Waals surface area contributed by atoms with Crippen LogP contribution in [0.2, 0.25) is 0 Å². The van der Waals surface area contributed by atoms with Gasteiger partial charge in [-0.15, -0.1) is 5.10 Å². The molecule has 0 fully saturated rings. The Morgan fingerprint density at radius 2 is 1.86 bits per heavy atom. The molecule has 0 spiro atoms. The molecule has 8 heteroatoms. The van der Waals surface area contributed by atoms with Crippen LogP contribution < -0.4 is 11.5 Å². The zero-order valence-electron chi connectivity index (χ0n) is 15.1. The van der Waals surface area contributed by atoms with E-state index in [0.29, 0.717) is 18.5 Å². The van der Waals surface area contributed by atoms with E-state index in [1.165, 1.54) is 0 Å². The van der Waals surface area contributed by atoms with E-state index in [-0.39, 0.29) is 16.6 Å². The maximum atomic E-state index is 11.7. The molecule has 0 bridgehead atoms. The Morgan fingerprint density at radius 1 is 1.07 bits per heavy atom. The minimum atomic E-state index is -0.355. The average Bonchev–Trinajstić information content (AvgIpc) is 3.16. The Labute approximate surface area is 162 Å². The van der Waals surface area contributed by atoms with Crippen molar-refractivity contribution in [3.05, 3.63) is 82.7 Å². The Kier molecular flexibility index (Phi) is 5.81. The van der Waals surface area contributed by atoms with Gasteiger partial charge in [0.1, 0.15) is 5.69 Å².